The highest BCUT2D eigenvalue weighted by molar-refractivity contribution is 6.22. The molecule has 2 unspecified atom stereocenters. The Balaban J connectivity index is 3.05. The number of carbonyl (C=O) groups is 1. The van der Waals surface area contributed by atoms with Gasteiger partial charge in [0.2, 0.25) is 0 Å². The normalized spacial score (nSPS) is 15.0. The first-order valence-electron chi connectivity index (χ1n) is 13.4. The average molecular weight is 529 g/mol. The van der Waals surface area contributed by atoms with Crippen molar-refractivity contribution < 1.29 is 15.0 Å². The molecule has 0 saturated heterocycles. The monoisotopic (exact) mass is 528 g/mol. The molecule has 0 saturated carbocycles. The lowest BCUT2D eigenvalue weighted by Gasteiger charge is -2.34. The molecule has 0 radical (unpaired) electrons. The van der Waals surface area contributed by atoms with Gasteiger partial charge in [-0.2, -0.15) is 0 Å². The van der Waals surface area contributed by atoms with Gasteiger partial charge in [0, 0.05) is 11.5 Å². The minimum absolute atomic E-state index is 0.104. The Bertz CT molecular complexity index is 1150. The summed E-state index contributed by atoms with van der Waals surface area (Å²) in [6, 6.07) is 8.65. The summed E-state index contributed by atoms with van der Waals surface area (Å²) in [5, 5.41) is 20.6. The molecule has 0 aliphatic heterocycles. The summed E-state index contributed by atoms with van der Waals surface area (Å²) < 4.78 is 0. The lowest BCUT2D eigenvalue weighted by atomic mass is 9.72. The van der Waals surface area contributed by atoms with Crippen LogP contribution in [-0.4, -0.2) is 16.2 Å². The Morgan fingerprint density at radius 3 is 1.51 bits per heavy atom. The van der Waals surface area contributed by atoms with E-state index in [1.807, 2.05) is 0 Å². The second-order valence-electron chi connectivity index (χ2n) is 14.8. The standard InChI is InChI=1S/C33H49ClO3/c1-19(23-15-21(31(5,6)7)17-25(29(23)37)33(11,12)13)22-14-20(30(2,3)4)16-24(32(8,9)10)28(22)26(34)18-27(35)36/h14-17,19,26,37H,18H2,1-13H3,(H,35,36). The van der Waals surface area contributed by atoms with E-state index in [4.69, 9.17) is 11.6 Å². The van der Waals surface area contributed by atoms with Gasteiger partial charge in [0.15, 0.2) is 0 Å². The number of carboxylic acid groups (broad SMARTS) is 1. The number of phenols is 1. The Labute approximate surface area is 230 Å². The first kappa shape index (κ1) is 31.2. The van der Waals surface area contributed by atoms with Crippen LogP contribution in [0.2, 0.25) is 0 Å². The number of benzene rings is 2. The number of phenolic OH excluding ortho intramolecular Hbond substituents is 1. The van der Waals surface area contributed by atoms with Crippen LogP contribution in [0.3, 0.4) is 0 Å². The van der Waals surface area contributed by atoms with Crippen LogP contribution in [0, 0.1) is 0 Å². The van der Waals surface area contributed by atoms with Gasteiger partial charge in [0.25, 0.3) is 0 Å². The van der Waals surface area contributed by atoms with Crippen LogP contribution in [-0.2, 0) is 26.5 Å². The molecule has 3 nitrogen and oxygen atoms in total. The predicted molar refractivity (Wildman–Crippen MR) is 158 cm³/mol. The van der Waals surface area contributed by atoms with Gasteiger partial charge < -0.3 is 10.2 Å². The number of hydrogen-bond acceptors (Lipinski definition) is 2. The smallest absolute Gasteiger partial charge is 0.305 e. The molecule has 0 amide bonds. The van der Waals surface area contributed by atoms with Gasteiger partial charge in [-0.25, -0.2) is 0 Å². The zero-order chi connectivity index (χ0) is 28.9. The summed E-state index contributed by atoms with van der Waals surface area (Å²) in [5.41, 5.74) is 6.30. The van der Waals surface area contributed by atoms with Crippen LogP contribution in [0.4, 0.5) is 0 Å². The molecule has 4 heteroatoms. The highest BCUT2D eigenvalue weighted by Gasteiger charge is 2.33. The lowest BCUT2D eigenvalue weighted by Crippen LogP contribution is -2.23. The fourth-order valence-electron chi connectivity index (χ4n) is 4.85. The average Bonchev–Trinajstić information content (AvgIpc) is 2.68. The van der Waals surface area contributed by atoms with E-state index in [1.165, 1.54) is 5.56 Å². The number of rotatable bonds is 5. The van der Waals surface area contributed by atoms with E-state index in [0.29, 0.717) is 5.75 Å². The zero-order valence-corrected chi connectivity index (χ0v) is 26.1. The summed E-state index contributed by atoms with van der Waals surface area (Å²) in [5.74, 6) is -0.815. The van der Waals surface area contributed by atoms with Gasteiger partial charge in [-0.15, -0.1) is 11.6 Å². The predicted octanol–water partition coefficient (Wildman–Crippen LogP) is 9.49. The zero-order valence-electron chi connectivity index (χ0n) is 25.4. The van der Waals surface area contributed by atoms with Crippen LogP contribution in [0.25, 0.3) is 0 Å². The van der Waals surface area contributed by atoms with Crippen LogP contribution in [0.1, 0.15) is 147 Å². The highest BCUT2D eigenvalue weighted by Crippen LogP contribution is 2.47. The number of carboxylic acids is 1. The Kier molecular flexibility index (Phi) is 8.68. The first-order chi connectivity index (χ1) is 16.5. The number of halogens is 1. The molecule has 0 spiro atoms. The topological polar surface area (TPSA) is 57.5 Å². The Morgan fingerprint density at radius 2 is 1.14 bits per heavy atom. The van der Waals surface area contributed by atoms with Crippen molar-refractivity contribution >= 4 is 17.6 Å². The molecule has 206 valence electrons. The van der Waals surface area contributed by atoms with Gasteiger partial charge in [-0.3, -0.25) is 4.79 Å². The second kappa shape index (κ2) is 10.3. The number of aromatic hydroxyl groups is 1. The molecule has 0 heterocycles. The molecular weight excluding hydrogens is 480 g/mol. The van der Waals surface area contributed by atoms with Crippen molar-refractivity contribution in [1.29, 1.82) is 0 Å². The molecule has 0 aromatic heterocycles. The second-order valence-corrected chi connectivity index (χ2v) is 15.3. The number of alkyl halides is 1. The fraction of sp³-hybridized carbons (Fsp3) is 0.606. The molecule has 0 aliphatic carbocycles. The third kappa shape index (κ3) is 7.11. The van der Waals surface area contributed by atoms with E-state index in [1.54, 1.807) is 0 Å². The molecule has 2 aromatic carbocycles. The quantitative estimate of drug-likeness (QED) is 0.380. The summed E-state index contributed by atoms with van der Waals surface area (Å²) in [7, 11) is 0. The highest BCUT2D eigenvalue weighted by atomic mass is 35.5. The van der Waals surface area contributed by atoms with Crippen molar-refractivity contribution in [2.75, 3.05) is 0 Å². The Morgan fingerprint density at radius 1 is 0.730 bits per heavy atom. The maximum absolute atomic E-state index is 11.8. The van der Waals surface area contributed by atoms with Crippen molar-refractivity contribution in [2.24, 2.45) is 0 Å². The van der Waals surface area contributed by atoms with Crippen molar-refractivity contribution in [3.63, 3.8) is 0 Å². The molecule has 2 rings (SSSR count). The van der Waals surface area contributed by atoms with Crippen molar-refractivity contribution in [3.8, 4) is 5.75 Å². The molecule has 2 atom stereocenters. The Hall–Kier alpha value is -2.00. The summed E-state index contributed by atoms with van der Waals surface area (Å²) >= 11 is 6.92. The van der Waals surface area contributed by atoms with Gasteiger partial charge in [0.05, 0.1) is 11.8 Å². The van der Waals surface area contributed by atoms with Gasteiger partial charge in [-0.1, -0.05) is 114 Å². The van der Waals surface area contributed by atoms with Crippen LogP contribution < -0.4 is 0 Å². The van der Waals surface area contributed by atoms with Crippen molar-refractivity contribution in [2.45, 2.75) is 129 Å². The molecule has 2 aromatic rings. The van der Waals surface area contributed by atoms with Crippen LogP contribution >= 0.6 is 11.6 Å². The van der Waals surface area contributed by atoms with Crippen molar-refractivity contribution in [1.82, 2.24) is 0 Å². The first-order valence-corrected chi connectivity index (χ1v) is 13.8. The summed E-state index contributed by atoms with van der Waals surface area (Å²) in [6.45, 7) is 28.0. The summed E-state index contributed by atoms with van der Waals surface area (Å²) in [4.78, 5) is 11.8. The van der Waals surface area contributed by atoms with E-state index in [2.05, 4.69) is 114 Å². The number of hydrogen-bond donors (Lipinski definition) is 2. The molecule has 0 bridgehead atoms. The lowest BCUT2D eigenvalue weighted by molar-refractivity contribution is -0.137. The van der Waals surface area contributed by atoms with Gasteiger partial charge in [0.1, 0.15) is 5.75 Å². The molecule has 37 heavy (non-hydrogen) atoms. The number of aliphatic carboxylic acids is 1. The van der Waals surface area contributed by atoms with E-state index < -0.39 is 11.3 Å². The van der Waals surface area contributed by atoms with E-state index in [-0.39, 0.29) is 34.0 Å². The molecular formula is C33H49ClO3. The van der Waals surface area contributed by atoms with E-state index in [9.17, 15) is 15.0 Å². The fourth-order valence-corrected chi connectivity index (χ4v) is 5.23. The van der Waals surface area contributed by atoms with E-state index in [0.717, 1.165) is 33.4 Å². The third-order valence-corrected chi connectivity index (χ3v) is 7.67. The van der Waals surface area contributed by atoms with Crippen LogP contribution in [0.5, 0.6) is 5.75 Å². The van der Waals surface area contributed by atoms with E-state index >= 15 is 0 Å². The molecule has 0 aliphatic rings. The minimum Gasteiger partial charge on any atom is -0.507 e. The molecule has 2 N–H and O–H groups in total. The maximum Gasteiger partial charge on any atom is 0.305 e. The molecule has 0 fully saturated rings. The van der Waals surface area contributed by atoms with Gasteiger partial charge in [-0.05, 0) is 55.0 Å². The summed E-state index contributed by atoms with van der Waals surface area (Å²) in [6.07, 6.45) is -0.166. The van der Waals surface area contributed by atoms with Gasteiger partial charge >= 0.3 is 5.97 Å². The SMILES string of the molecule is CC(c1cc(C(C)(C)C)cc(C(C)(C)C)c1O)c1cc(C(C)(C)C)cc(C(C)(C)C)c1C(Cl)CC(=O)O. The van der Waals surface area contributed by atoms with Crippen LogP contribution in [0.15, 0.2) is 24.3 Å². The maximum atomic E-state index is 11.8. The van der Waals surface area contributed by atoms with Crippen molar-refractivity contribution in [3.05, 3.63) is 63.2 Å². The largest absolute Gasteiger partial charge is 0.507 e. The minimum atomic E-state index is -0.925. The third-order valence-electron chi connectivity index (χ3n) is 7.30.